The number of carbonyl (C=O) groups excluding carboxylic acids is 4. The molecule has 0 radical (unpaired) electrons. The number of allylic oxidation sites excluding steroid dienone is 1. The Morgan fingerprint density at radius 3 is 2.47 bits per heavy atom. The van der Waals surface area contributed by atoms with Gasteiger partial charge in [-0.25, -0.2) is 0 Å². The normalized spacial score (nSPS) is 29.0. The maximum atomic E-state index is 14.4. The molecule has 3 fully saturated rings. The highest BCUT2D eigenvalue weighted by molar-refractivity contribution is 9.09. The number of carbonyl (C=O) groups is 4. The van der Waals surface area contributed by atoms with Crippen molar-refractivity contribution in [1.82, 2.24) is 15.1 Å². The predicted octanol–water partition coefficient (Wildman–Crippen LogP) is 3.68. The van der Waals surface area contributed by atoms with Gasteiger partial charge in [0.2, 0.25) is 17.7 Å². The lowest BCUT2D eigenvalue weighted by Crippen LogP contribution is -2.61. The number of ether oxygens (including phenoxy) is 2. The second-order valence-corrected chi connectivity index (χ2v) is 14.5. The fourth-order valence-electron chi connectivity index (χ4n) is 7.09. The van der Waals surface area contributed by atoms with Crippen molar-refractivity contribution < 1.29 is 33.8 Å². The minimum absolute atomic E-state index is 0.203. The molecule has 3 amide bonds. The Bertz CT molecular complexity index is 1300. The number of likely N-dealkylation sites (tertiary alicyclic amines) is 1. The third-order valence-corrected chi connectivity index (χ3v) is 9.99. The first-order chi connectivity index (χ1) is 21.2. The molecule has 9 atom stereocenters. The van der Waals surface area contributed by atoms with E-state index in [1.165, 1.54) is 4.90 Å². The van der Waals surface area contributed by atoms with Crippen molar-refractivity contribution >= 4 is 39.6 Å². The van der Waals surface area contributed by atoms with Crippen LogP contribution in [0.2, 0.25) is 0 Å². The summed E-state index contributed by atoms with van der Waals surface area (Å²) in [7, 11) is 0. The van der Waals surface area contributed by atoms with E-state index in [1.807, 2.05) is 51.1 Å². The van der Waals surface area contributed by atoms with Crippen molar-refractivity contribution in [3.63, 3.8) is 0 Å². The molecule has 1 spiro atoms. The largest absolute Gasteiger partial charge is 0.455 e. The van der Waals surface area contributed by atoms with E-state index in [9.17, 15) is 24.3 Å². The lowest BCUT2D eigenvalue weighted by atomic mass is 9.70. The van der Waals surface area contributed by atoms with Gasteiger partial charge in [0.05, 0.1) is 36.6 Å². The number of alkyl halides is 1. The summed E-state index contributed by atoms with van der Waals surface area (Å²) in [5, 5.41) is 13.1. The van der Waals surface area contributed by atoms with Crippen LogP contribution in [0, 0.1) is 11.8 Å². The van der Waals surface area contributed by atoms with E-state index in [4.69, 9.17) is 9.47 Å². The molecule has 4 rings (SSSR count). The van der Waals surface area contributed by atoms with Crippen LogP contribution in [0.1, 0.15) is 65.5 Å². The molecule has 0 saturated carbocycles. The van der Waals surface area contributed by atoms with E-state index < -0.39 is 65.2 Å². The summed E-state index contributed by atoms with van der Waals surface area (Å²) in [5.41, 5.74) is -1.23. The van der Waals surface area contributed by atoms with Crippen LogP contribution in [-0.2, 0) is 28.7 Å². The Morgan fingerprint density at radius 2 is 1.89 bits per heavy atom. The molecule has 2 bridgehead atoms. The first-order valence-corrected chi connectivity index (χ1v) is 16.5. The van der Waals surface area contributed by atoms with Gasteiger partial charge in [0.15, 0.2) is 0 Å². The molecule has 0 aliphatic carbocycles. The molecule has 45 heavy (non-hydrogen) atoms. The molecule has 246 valence electrons. The van der Waals surface area contributed by atoms with Crippen LogP contribution in [-0.4, -0.2) is 91.9 Å². The van der Waals surface area contributed by atoms with E-state index in [0.717, 1.165) is 0 Å². The summed E-state index contributed by atoms with van der Waals surface area (Å²) in [6, 6.07) is 6.77. The van der Waals surface area contributed by atoms with Gasteiger partial charge in [-0.1, -0.05) is 58.4 Å². The Kier molecular flexibility index (Phi) is 10.7. The lowest BCUT2D eigenvalue weighted by Gasteiger charge is -2.43. The molecule has 0 aromatic heterocycles. The summed E-state index contributed by atoms with van der Waals surface area (Å²) >= 11 is 3.69. The number of benzene rings is 1. The number of nitrogens with one attached hydrogen (secondary N) is 1. The van der Waals surface area contributed by atoms with Crippen molar-refractivity contribution in [3.05, 3.63) is 61.2 Å². The van der Waals surface area contributed by atoms with Crippen LogP contribution in [0.3, 0.4) is 0 Å². The quantitative estimate of drug-likeness (QED) is 0.184. The fourth-order valence-corrected chi connectivity index (χ4v) is 8.03. The molecule has 1 unspecified atom stereocenters. The average Bonchev–Trinajstić information content (AvgIpc) is 3.59. The molecule has 3 saturated heterocycles. The monoisotopic (exact) mass is 687 g/mol. The molecule has 10 nitrogen and oxygen atoms in total. The molecule has 3 aliphatic rings. The third kappa shape index (κ3) is 6.49. The Hall–Kier alpha value is -3.02. The molecule has 2 N–H and O–H groups in total. The lowest BCUT2D eigenvalue weighted by molar-refractivity contribution is -0.162. The minimum atomic E-state index is -1.31. The van der Waals surface area contributed by atoms with Gasteiger partial charge in [-0.3, -0.25) is 19.2 Å². The molecule has 3 heterocycles. The average molecular weight is 689 g/mol. The molecular weight excluding hydrogens is 642 g/mol. The maximum Gasteiger partial charge on any atom is 0.313 e. The first-order valence-electron chi connectivity index (χ1n) is 15.6. The summed E-state index contributed by atoms with van der Waals surface area (Å²) in [6.45, 7) is 16.5. The summed E-state index contributed by atoms with van der Waals surface area (Å²) in [4.78, 5) is 58.4. The summed E-state index contributed by atoms with van der Waals surface area (Å²) < 4.78 is 12.8. The van der Waals surface area contributed by atoms with Gasteiger partial charge < -0.3 is 29.7 Å². The Balaban J connectivity index is 1.72. The van der Waals surface area contributed by atoms with Crippen LogP contribution in [0.5, 0.6) is 0 Å². The second-order valence-electron chi connectivity index (χ2n) is 13.3. The molecule has 11 heteroatoms. The second kappa shape index (κ2) is 13.8. The molecule has 1 aromatic carbocycles. The number of hydrogen-bond donors (Lipinski definition) is 2. The SMILES string of the molecule is C=CCCC(=O)N[C@@H](C)[C@H](OC(=O)[C@@H]1[C@H]2O[C@@]3(CC2Br)[C@H](C(=O)N(CC=C)C(C)(C)C)N([C@H](C)CO)C(=O)[C@@H]13)c1ccccc1. The highest BCUT2D eigenvalue weighted by Gasteiger charge is 2.77. The summed E-state index contributed by atoms with van der Waals surface area (Å²) in [6.07, 6.45) is 2.82. The maximum absolute atomic E-state index is 14.4. The zero-order chi connectivity index (χ0) is 33.3. The fraction of sp³-hybridized carbons (Fsp3) is 0.588. The molecular formula is C34H46BrN3O7. The predicted molar refractivity (Wildman–Crippen MR) is 173 cm³/mol. The number of amides is 3. The van der Waals surface area contributed by atoms with Gasteiger partial charge in [-0.05, 0) is 53.0 Å². The number of rotatable bonds is 13. The van der Waals surface area contributed by atoms with E-state index in [-0.39, 0.29) is 36.2 Å². The van der Waals surface area contributed by atoms with E-state index in [0.29, 0.717) is 18.4 Å². The van der Waals surface area contributed by atoms with Crippen LogP contribution >= 0.6 is 15.9 Å². The van der Waals surface area contributed by atoms with Crippen molar-refractivity contribution in [2.75, 3.05) is 13.2 Å². The highest BCUT2D eigenvalue weighted by atomic mass is 79.9. The van der Waals surface area contributed by atoms with Crippen molar-refractivity contribution in [3.8, 4) is 0 Å². The van der Waals surface area contributed by atoms with Gasteiger partial charge in [0, 0.05) is 23.3 Å². The number of fused-ring (bicyclic) bond motifs is 1. The van der Waals surface area contributed by atoms with Gasteiger partial charge in [-0.15, -0.1) is 13.2 Å². The number of esters is 1. The number of aliphatic hydroxyl groups excluding tert-OH is 1. The zero-order valence-corrected chi connectivity index (χ0v) is 28.4. The van der Waals surface area contributed by atoms with Gasteiger partial charge in [0.25, 0.3) is 0 Å². The topological polar surface area (TPSA) is 125 Å². The van der Waals surface area contributed by atoms with E-state index in [1.54, 1.807) is 30.9 Å². The van der Waals surface area contributed by atoms with Crippen LogP contribution in [0.25, 0.3) is 0 Å². The van der Waals surface area contributed by atoms with Gasteiger partial charge >= 0.3 is 5.97 Å². The minimum Gasteiger partial charge on any atom is -0.455 e. The number of aliphatic hydroxyl groups is 1. The number of nitrogens with zero attached hydrogens (tertiary/aromatic N) is 2. The number of halogens is 1. The zero-order valence-electron chi connectivity index (χ0n) is 26.8. The van der Waals surface area contributed by atoms with Crippen LogP contribution < -0.4 is 5.32 Å². The molecule has 3 aliphatic heterocycles. The van der Waals surface area contributed by atoms with Gasteiger partial charge in [-0.2, -0.15) is 0 Å². The third-order valence-electron chi connectivity index (χ3n) is 9.15. The van der Waals surface area contributed by atoms with Crippen LogP contribution in [0.15, 0.2) is 55.6 Å². The first kappa shape index (κ1) is 34.8. The molecule has 1 aromatic rings. The highest BCUT2D eigenvalue weighted by Crippen LogP contribution is 2.61. The van der Waals surface area contributed by atoms with Gasteiger partial charge in [0.1, 0.15) is 17.7 Å². The Labute approximate surface area is 274 Å². The smallest absolute Gasteiger partial charge is 0.313 e. The summed E-state index contributed by atoms with van der Waals surface area (Å²) in [5.74, 6) is -3.61. The standard InChI is InChI=1S/C34H46BrN3O7/c1-8-10-16-24(40)36-21(4)27(22-14-12-11-13-15-22)44-32(43)25-26-30(41)38(20(3)19-39)29(34(26)18-23(35)28(25)45-34)31(42)37(17-9-2)33(5,6)7/h8-9,11-15,20-21,23,25-29,39H,1-2,10,16-19H2,3-7H3,(H,36,40)/t20-,21+,23?,25+,26-,27+,28+,29+,34-/m1/s1. The van der Waals surface area contributed by atoms with E-state index >= 15 is 0 Å². The van der Waals surface area contributed by atoms with Crippen molar-refractivity contribution in [2.24, 2.45) is 11.8 Å². The Morgan fingerprint density at radius 1 is 1.22 bits per heavy atom. The van der Waals surface area contributed by atoms with E-state index in [2.05, 4.69) is 34.4 Å². The number of hydrogen-bond acceptors (Lipinski definition) is 7. The van der Waals surface area contributed by atoms with Crippen molar-refractivity contribution in [2.45, 2.75) is 100 Å². The van der Waals surface area contributed by atoms with Crippen LogP contribution in [0.4, 0.5) is 0 Å². The van der Waals surface area contributed by atoms with Crippen molar-refractivity contribution in [1.29, 1.82) is 0 Å².